The van der Waals surface area contributed by atoms with Crippen LogP contribution < -0.4 is 5.32 Å². The Bertz CT molecular complexity index is 375. The highest BCUT2D eigenvalue weighted by Gasteiger charge is 2.22. The van der Waals surface area contributed by atoms with E-state index in [1.807, 2.05) is 42.3 Å². The van der Waals surface area contributed by atoms with Gasteiger partial charge in [0.15, 0.2) is 0 Å². The predicted molar refractivity (Wildman–Crippen MR) is 80.6 cm³/mol. The van der Waals surface area contributed by atoms with E-state index in [2.05, 4.69) is 5.32 Å². The molecule has 0 aliphatic carbocycles. The smallest absolute Gasteiger partial charge is 0.226 e. The van der Waals surface area contributed by atoms with Crippen LogP contribution in [0.5, 0.6) is 0 Å². The molecule has 0 radical (unpaired) electrons. The maximum Gasteiger partial charge on any atom is 0.226 e. The van der Waals surface area contributed by atoms with Gasteiger partial charge in [-0.3, -0.25) is 4.79 Å². The summed E-state index contributed by atoms with van der Waals surface area (Å²) >= 11 is 0. The molecule has 0 saturated carbocycles. The summed E-state index contributed by atoms with van der Waals surface area (Å²) in [5.41, 5.74) is 1.11. The molecule has 4 heteroatoms. The van der Waals surface area contributed by atoms with Crippen LogP contribution in [-0.4, -0.2) is 37.5 Å². The average molecular weight is 283 g/mol. The number of rotatable bonds is 4. The maximum atomic E-state index is 12.1. The highest BCUT2D eigenvalue weighted by molar-refractivity contribution is 5.85. The van der Waals surface area contributed by atoms with Gasteiger partial charge in [0.05, 0.1) is 6.42 Å². The Morgan fingerprint density at radius 3 is 2.47 bits per heavy atom. The van der Waals surface area contributed by atoms with Gasteiger partial charge < -0.3 is 10.2 Å². The standard InChI is InChI=1S/C15H22N2O.ClH/c1-16-12-14-7-9-17(10-8-14)15(18)11-13-5-3-2-4-6-13;/h2-6,14,16H,7-12H2,1H3;1H. The number of halogens is 1. The van der Waals surface area contributed by atoms with E-state index in [0.29, 0.717) is 6.42 Å². The zero-order valence-corrected chi connectivity index (χ0v) is 12.3. The molecule has 0 bridgehead atoms. The van der Waals surface area contributed by atoms with Crippen LogP contribution in [0.25, 0.3) is 0 Å². The third-order valence-corrected chi connectivity index (χ3v) is 3.66. The van der Waals surface area contributed by atoms with Gasteiger partial charge >= 0.3 is 0 Å². The minimum atomic E-state index is 0. The summed E-state index contributed by atoms with van der Waals surface area (Å²) in [4.78, 5) is 14.2. The van der Waals surface area contributed by atoms with Crippen molar-refractivity contribution in [2.45, 2.75) is 19.3 Å². The molecule has 19 heavy (non-hydrogen) atoms. The highest BCUT2D eigenvalue weighted by Crippen LogP contribution is 2.17. The molecule has 3 nitrogen and oxygen atoms in total. The van der Waals surface area contributed by atoms with Crippen molar-refractivity contribution >= 4 is 18.3 Å². The fourth-order valence-corrected chi connectivity index (χ4v) is 2.56. The summed E-state index contributed by atoms with van der Waals surface area (Å²) in [7, 11) is 1.99. The first-order chi connectivity index (χ1) is 8.79. The largest absolute Gasteiger partial charge is 0.342 e. The number of nitrogens with zero attached hydrogens (tertiary/aromatic N) is 1. The molecule has 1 N–H and O–H groups in total. The molecule has 1 saturated heterocycles. The fourth-order valence-electron chi connectivity index (χ4n) is 2.56. The predicted octanol–water partition coefficient (Wildman–Crippen LogP) is 2.11. The Morgan fingerprint density at radius 2 is 1.89 bits per heavy atom. The van der Waals surface area contributed by atoms with Crippen LogP contribution in [0.3, 0.4) is 0 Å². The first kappa shape index (κ1) is 16.0. The maximum absolute atomic E-state index is 12.1. The summed E-state index contributed by atoms with van der Waals surface area (Å²) in [6.07, 6.45) is 2.79. The molecule has 1 aliphatic rings. The molecule has 1 amide bonds. The molecule has 1 aromatic rings. The number of likely N-dealkylation sites (tertiary alicyclic amines) is 1. The molecule has 0 atom stereocenters. The molecule has 1 aliphatic heterocycles. The van der Waals surface area contributed by atoms with Gasteiger partial charge in [0.2, 0.25) is 5.91 Å². The normalized spacial score (nSPS) is 15.9. The molecule has 0 unspecified atom stereocenters. The van der Waals surface area contributed by atoms with Crippen molar-refractivity contribution in [3.8, 4) is 0 Å². The number of amides is 1. The third-order valence-electron chi connectivity index (χ3n) is 3.66. The second kappa shape index (κ2) is 8.18. The van der Waals surface area contributed by atoms with E-state index in [9.17, 15) is 4.79 Å². The van der Waals surface area contributed by atoms with E-state index in [4.69, 9.17) is 0 Å². The molecule has 1 aromatic carbocycles. The fraction of sp³-hybridized carbons (Fsp3) is 0.533. The summed E-state index contributed by atoms with van der Waals surface area (Å²) in [6.45, 7) is 2.90. The number of hydrogen-bond acceptors (Lipinski definition) is 2. The van der Waals surface area contributed by atoms with Crippen LogP contribution in [-0.2, 0) is 11.2 Å². The van der Waals surface area contributed by atoms with Gasteiger partial charge in [0.25, 0.3) is 0 Å². The second-order valence-electron chi connectivity index (χ2n) is 5.04. The van der Waals surface area contributed by atoms with Crippen molar-refractivity contribution in [3.05, 3.63) is 35.9 Å². The van der Waals surface area contributed by atoms with Crippen molar-refractivity contribution in [2.75, 3.05) is 26.7 Å². The molecule has 1 fully saturated rings. The Hall–Kier alpha value is -1.06. The SMILES string of the molecule is CNCC1CCN(C(=O)Cc2ccccc2)CC1.Cl. The first-order valence-corrected chi connectivity index (χ1v) is 6.76. The number of piperidine rings is 1. The first-order valence-electron chi connectivity index (χ1n) is 6.76. The lowest BCUT2D eigenvalue weighted by atomic mass is 9.96. The van der Waals surface area contributed by atoms with E-state index in [0.717, 1.165) is 44.0 Å². The van der Waals surface area contributed by atoms with Crippen molar-refractivity contribution in [3.63, 3.8) is 0 Å². The number of carbonyl (C=O) groups is 1. The topological polar surface area (TPSA) is 32.3 Å². The molecule has 0 spiro atoms. The van der Waals surface area contributed by atoms with E-state index >= 15 is 0 Å². The Balaban J connectivity index is 0.00000180. The van der Waals surface area contributed by atoms with Crippen LogP contribution in [0.15, 0.2) is 30.3 Å². The third kappa shape index (κ3) is 4.84. The minimum absolute atomic E-state index is 0. The van der Waals surface area contributed by atoms with Crippen LogP contribution in [0.1, 0.15) is 18.4 Å². The van der Waals surface area contributed by atoms with Crippen LogP contribution >= 0.6 is 12.4 Å². The molecule has 1 heterocycles. The lowest BCUT2D eigenvalue weighted by Gasteiger charge is -2.32. The van der Waals surface area contributed by atoms with Crippen LogP contribution in [0, 0.1) is 5.92 Å². The lowest BCUT2D eigenvalue weighted by molar-refractivity contribution is -0.131. The van der Waals surface area contributed by atoms with Gasteiger partial charge in [0, 0.05) is 13.1 Å². The lowest BCUT2D eigenvalue weighted by Crippen LogP contribution is -2.41. The quantitative estimate of drug-likeness (QED) is 0.917. The van der Waals surface area contributed by atoms with E-state index in [1.165, 1.54) is 0 Å². The van der Waals surface area contributed by atoms with Gasteiger partial charge in [-0.25, -0.2) is 0 Å². The Kier molecular flexibility index (Phi) is 6.89. The molecular formula is C15H23ClN2O. The number of hydrogen-bond donors (Lipinski definition) is 1. The van der Waals surface area contributed by atoms with E-state index in [-0.39, 0.29) is 18.3 Å². The van der Waals surface area contributed by atoms with Gasteiger partial charge in [-0.15, -0.1) is 12.4 Å². The van der Waals surface area contributed by atoms with Gasteiger partial charge in [-0.05, 0) is 37.9 Å². The zero-order chi connectivity index (χ0) is 12.8. The second-order valence-corrected chi connectivity index (χ2v) is 5.04. The Morgan fingerprint density at radius 1 is 1.26 bits per heavy atom. The number of nitrogens with one attached hydrogen (secondary N) is 1. The number of carbonyl (C=O) groups excluding carboxylic acids is 1. The molecular weight excluding hydrogens is 260 g/mol. The molecule has 2 rings (SSSR count). The van der Waals surface area contributed by atoms with Crippen LogP contribution in [0.2, 0.25) is 0 Å². The van der Waals surface area contributed by atoms with Crippen molar-refractivity contribution in [1.29, 1.82) is 0 Å². The monoisotopic (exact) mass is 282 g/mol. The van der Waals surface area contributed by atoms with Crippen LogP contribution in [0.4, 0.5) is 0 Å². The minimum Gasteiger partial charge on any atom is -0.342 e. The van der Waals surface area contributed by atoms with Crippen molar-refractivity contribution in [1.82, 2.24) is 10.2 Å². The van der Waals surface area contributed by atoms with E-state index in [1.54, 1.807) is 0 Å². The zero-order valence-electron chi connectivity index (χ0n) is 11.5. The molecule has 0 aromatic heterocycles. The van der Waals surface area contributed by atoms with E-state index < -0.39 is 0 Å². The van der Waals surface area contributed by atoms with Gasteiger partial charge in [0.1, 0.15) is 0 Å². The molecule has 106 valence electrons. The highest BCUT2D eigenvalue weighted by atomic mass is 35.5. The average Bonchev–Trinajstić information content (AvgIpc) is 2.41. The summed E-state index contributed by atoms with van der Waals surface area (Å²) in [6, 6.07) is 10.00. The summed E-state index contributed by atoms with van der Waals surface area (Å²) < 4.78 is 0. The van der Waals surface area contributed by atoms with Gasteiger partial charge in [-0.2, -0.15) is 0 Å². The Labute approximate surface area is 121 Å². The van der Waals surface area contributed by atoms with Crippen molar-refractivity contribution < 1.29 is 4.79 Å². The summed E-state index contributed by atoms with van der Waals surface area (Å²) in [5.74, 6) is 1.000. The summed E-state index contributed by atoms with van der Waals surface area (Å²) in [5, 5.41) is 3.22. The number of benzene rings is 1. The van der Waals surface area contributed by atoms with Crippen molar-refractivity contribution in [2.24, 2.45) is 5.92 Å². The van der Waals surface area contributed by atoms with Gasteiger partial charge in [-0.1, -0.05) is 30.3 Å².